The molecule has 0 atom stereocenters. The molecule has 0 aliphatic rings. The van der Waals surface area contributed by atoms with E-state index in [1.807, 2.05) is 41.1 Å². The Kier molecular flexibility index (Phi) is 4.16. The van der Waals surface area contributed by atoms with Gasteiger partial charge in [-0.05, 0) is 24.3 Å². The summed E-state index contributed by atoms with van der Waals surface area (Å²) >= 11 is 0. The minimum Gasteiger partial charge on any atom is -0.325 e. The van der Waals surface area contributed by atoms with Gasteiger partial charge in [0.15, 0.2) is 0 Å². The van der Waals surface area contributed by atoms with E-state index in [0.717, 1.165) is 11.5 Å². The third-order valence-corrected chi connectivity index (χ3v) is 2.85. The number of aromatic nitrogens is 2. The Morgan fingerprint density at radius 1 is 1.40 bits per heavy atom. The molecule has 0 saturated heterocycles. The van der Waals surface area contributed by atoms with Gasteiger partial charge in [-0.25, -0.2) is 4.98 Å². The van der Waals surface area contributed by atoms with Crippen LogP contribution < -0.4 is 5.32 Å². The fourth-order valence-electron chi connectivity index (χ4n) is 1.94. The number of anilines is 1. The van der Waals surface area contributed by atoms with E-state index >= 15 is 0 Å². The molecule has 1 aromatic carbocycles. The number of carbonyl (C=O) groups excluding carboxylic acids is 1. The molecule has 5 heteroatoms. The number of amides is 1. The molecule has 20 heavy (non-hydrogen) atoms. The number of hydrogen-bond donors (Lipinski definition) is 1. The van der Waals surface area contributed by atoms with Crippen molar-refractivity contribution in [2.24, 2.45) is 0 Å². The number of benzene rings is 1. The topological polar surface area (TPSA) is 70.7 Å². The van der Waals surface area contributed by atoms with Crippen LogP contribution in [0.3, 0.4) is 0 Å². The maximum Gasteiger partial charge on any atom is 0.238 e. The zero-order chi connectivity index (χ0) is 14.5. The van der Waals surface area contributed by atoms with Gasteiger partial charge in [0.05, 0.1) is 6.07 Å². The van der Waals surface area contributed by atoms with E-state index < -0.39 is 0 Å². The third kappa shape index (κ3) is 3.04. The van der Waals surface area contributed by atoms with E-state index in [1.54, 1.807) is 6.20 Å². The lowest BCUT2D eigenvalue weighted by Crippen LogP contribution is -2.10. The monoisotopic (exact) mass is 268 g/mol. The molecule has 0 unspecified atom stereocenters. The van der Waals surface area contributed by atoms with Crippen LogP contribution in [0.25, 0.3) is 5.69 Å². The summed E-state index contributed by atoms with van der Waals surface area (Å²) in [7, 11) is 0. The molecule has 5 nitrogen and oxygen atoms in total. The Labute approximate surface area is 117 Å². The summed E-state index contributed by atoms with van der Waals surface area (Å²) in [6.45, 7) is 4.19. The Bertz CT molecular complexity index is 635. The van der Waals surface area contributed by atoms with Crippen LogP contribution in [0.4, 0.5) is 5.69 Å². The first-order valence-electron chi connectivity index (χ1n) is 6.42. The van der Waals surface area contributed by atoms with Gasteiger partial charge >= 0.3 is 0 Å². The van der Waals surface area contributed by atoms with Crippen LogP contribution >= 0.6 is 0 Å². The van der Waals surface area contributed by atoms with Crippen LogP contribution in [0.2, 0.25) is 0 Å². The van der Waals surface area contributed by atoms with Crippen molar-refractivity contribution in [2.75, 3.05) is 5.32 Å². The molecule has 0 aliphatic carbocycles. The molecular formula is C15H16N4O. The molecule has 2 rings (SSSR count). The first-order valence-corrected chi connectivity index (χ1v) is 6.42. The van der Waals surface area contributed by atoms with Crippen molar-refractivity contribution in [1.82, 2.24) is 9.55 Å². The minimum absolute atomic E-state index is 0.138. The summed E-state index contributed by atoms with van der Waals surface area (Å²) in [6.07, 6.45) is 3.55. The van der Waals surface area contributed by atoms with Crippen LogP contribution in [0.1, 0.15) is 32.0 Å². The number of nitrogens with one attached hydrogen (secondary N) is 1. The third-order valence-electron chi connectivity index (χ3n) is 2.85. The van der Waals surface area contributed by atoms with Crippen molar-refractivity contribution in [3.05, 3.63) is 42.5 Å². The lowest BCUT2D eigenvalue weighted by molar-refractivity contribution is -0.115. The molecule has 0 fully saturated rings. The predicted octanol–water partition coefficient (Wildman–Crippen LogP) is 2.85. The van der Waals surface area contributed by atoms with E-state index in [4.69, 9.17) is 5.26 Å². The van der Waals surface area contributed by atoms with Crippen molar-refractivity contribution in [2.45, 2.75) is 26.2 Å². The lowest BCUT2D eigenvalue weighted by atomic mass is 10.2. The maximum absolute atomic E-state index is 11.3. The molecule has 1 aromatic heterocycles. The van der Waals surface area contributed by atoms with E-state index in [1.165, 1.54) is 0 Å². The first-order chi connectivity index (χ1) is 9.61. The lowest BCUT2D eigenvalue weighted by Gasteiger charge is -2.11. The summed E-state index contributed by atoms with van der Waals surface area (Å²) in [5.74, 6) is 1.03. The molecule has 0 radical (unpaired) electrons. The second-order valence-corrected chi connectivity index (χ2v) is 4.74. The second kappa shape index (κ2) is 6.02. The molecule has 0 spiro atoms. The highest BCUT2D eigenvalue weighted by Crippen LogP contribution is 2.19. The average molecular weight is 268 g/mol. The summed E-state index contributed by atoms with van der Waals surface area (Å²) in [5.41, 5.74) is 1.67. The van der Waals surface area contributed by atoms with Crippen LogP contribution in [0.5, 0.6) is 0 Å². The van der Waals surface area contributed by atoms with E-state index in [-0.39, 0.29) is 12.3 Å². The molecular weight excluding hydrogens is 252 g/mol. The summed E-state index contributed by atoms with van der Waals surface area (Å²) in [5, 5.41) is 11.1. The van der Waals surface area contributed by atoms with Crippen molar-refractivity contribution >= 4 is 11.6 Å². The zero-order valence-electron chi connectivity index (χ0n) is 11.5. The van der Waals surface area contributed by atoms with Crippen LogP contribution in [-0.4, -0.2) is 15.5 Å². The van der Waals surface area contributed by atoms with Gasteiger partial charge in [0.1, 0.15) is 12.2 Å². The van der Waals surface area contributed by atoms with Crippen LogP contribution in [-0.2, 0) is 4.79 Å². The number of imidazole rings is 1. The summed E-state index contributed by atoms with van der Waals surface area (Å²) < 4.78 is 2.02. The number of rotatable bonds is 4. The molecule has 2 aromatic rings. The Balaban J connectivity index is 2.18. The highest BCUT2D eigenvalue weighted by Gasteiger charge is 2.08. The van der Waals surface area contributed by atoms with Crippen molar-refractivity contribution < 1.29 is 4.79 Å². The Hall–Kier alpha value is -2.61. The largest absolute Gasteiger partial charge is 0.325 e. The molecule has 0 aliphatic heterocycles. The molecule has 1 N–H and O–H groups in total. The van der Waals surface area contributed by atoms with Gasteiger partial charge < -0.3 is 9.88 Å². The zero-order valence-corrected chi connectivity index (χ0v) is 11.5. The van der Waals surface area contributed by atoms with Gasteiger partial charge in [-0.15, -0.1) is 0 Å². The highest BCUT2D eigenvalue weighted by molar-refractivity contribution is 5.92. The molecule has 0 saturated carbocycles. The smallest absolute Gasteiger partial charge is 0.238 e. The van der Waals surface area contributed by atoms with Crippen molar-refractivity contribution in [3.8, 4) is 11.8 Å². The second-order valence-electron chi connectivity index (χ2n) is 4.74. The van der Waals surface area contributed by atoms with Crippen molar-refractivity contribution in [3.63, 3.8) is 0 Å². The van der Waals surface area contributed by atoms with Crippen molar-refractivity contribution in [1.29, 1.82) is 5.26 Å². The maximum atomic E-state index is 11.3. The SMILES string of the molecule is CC(C)c1nccn1-c1ccc(NC(=O)CC#N)cc1. The number of nitriles is 1. The number of hydrogen-bond acceptors (Lipinski definition) is 3. The number of carbonyl (C=O) groups is 1. The van der Waals surface area contributed by atoms with Gasteiger partial charge in [-0.2, -0.15) is 5.26 Å². The molecule has 0 bridgehead atoms. The van der Waals surface area contributed by atoms with Gasteiger partial charge in [0.2, 0.25) is 5.91 Å². The fraction of sp³-hybridized carbons (Fsp3) is 0.267. The van der Waals surface area contributed by atoms with E-state index in [0.29, 0.717) is 11.6 Å². The summed E-state index contributed by atoms with van der Waals surface area (Å²) in [6, 6.07) is 9.27. The highest BCUT2D eigenvalue weighted by atomic mass is 16.1. The Morgan fingerprint density at radius 2 is 2.10 bits per heavy atom. The molecule has 102 valence electrons. The normalized spacial score (nSPS) is 10.3. The Morgan fingerprint density at radius 3 is 2.70 bits per heavy atom. The average Bonchev–Trinajstić information content (AvgIpc) is 2.89. The standard InChI is InChI=1S/C15H16N4O/c1-11(2)15-17-9-10-19(15)13-5-3-12(4-6-13)18-14(20)7-8-16/h3-6,9-11H,7H2,1-2H3,(H,18,20). The number of nitrogens with zero attached hydrogens (tertiary/aromatic N) is 3. The minimum atomic E-state index is -0.300. The molecule has 1 amide bonds. The van der Waals surface area contributed by atoms with Gasteiger partial charge in [-0.3, -0.25) is 4.79 Å². The molecule has 1 heterocycles. The van der Waals surface area contributed by atoms with Crippen LogP contribution in [0.15, 0.2) is 36.7 Å². The van der Waals surface area contributed by atoms with Gasteiger partial charge in [0, 0.05) is 29.7 Å². The summed E-state index contributed by atoms with van der Waals surface area (Å²) in [4.78, 5) is 15.7. The van der Waals surface area contributed by atoms with E-state index in [9.17, 15) is 4.79 Å². The first kappa shape index (κ1) is 13.8. The van der Waals surface area contributed by atoms with E-state index in [2.05, 4.69) is 24.1 Å². The van der Waals surface area contributed by atoms with Gasteiger partial charge in [0.25, 0.3) is 0 Å². The van der Waals surface area contributed by atoms with Gasteiger partial charge in [-0.1, -0.05) is 13.8 Å². The van der Waals surface area contributed by atoms with Crippen LogP contribution in [0, 0.1) is 11.3 Å². The predicted molar refractivity (Wildman–Crippen MR) is 76.5 cm³/mol. The quantitative estimate of drug-likeness (QED) is 0.926. The fourth-order valence-corrected chi connectivity index (χ4v) is 1.94.